The van der Waals surface area contributed by atoms with Crippen LogP contribution in [0.3, 0.4) is 0 Å². The van der Waals surface area contributed by atoms with Crippen molar-refractivity contribution in [3.63, 3.8) is 0 Å². The van der Waals surface area contributed by atoms with Crippen LogP contribution < -0.4 is 10.6 Å². The van der Waals surface area contributed by atoms with Crippen LogP contribution >= 0.6 is 0 Å². The van der Waals surface area contributed by atoms with Crippen molar-refractivity contribution in [3.05, 3.63) is 29.6 Å². The molecule has 1 heterocycles. The van der Waals surface area contributed by atoms with Crippen molar-refractivity contribution in [2.24, 2.45) is 0 Å². The number of halogens is 3. The first-order valence-corrected chi connectivity index (χ1v) is 5.97. The number of aromatic nitrogens is 1. The van der Waals surface area contributed by atoms with E-state index in [1.54, 1.807) is 0 Å². The maximum absolute atomic E-state index is 12.3. The first-order chi connectivity index (χ1) is 8.95. The Hall–Kier alpha value is -1.63. The van der Waals surface area contributed by atoms with Gasteiger partial charge in [0.15, 0.2) is 0 Å². The van der Waals surface area contributed by atoms with Gasteiger partial charge in [0.2, 0.25) is 0 Å². The standard InChI is InChI=1S/C12H16F3N3O/c1-2-5-16-6-7-17-11(19)9-3-4-10(18-8-9)12(13,14)15/h3-4,8,16H,2,5-7H2,1H3,(H,17,19). The van der Waals surface area contributed by atoms with Gasteiger partial charge in [0.1, 0.15) is 5.69 Å². The molecule has 1 aromatic heterocycles. The predicted octanol–water partition coefficient (Wildman–Crippen LogP) is 1.83. The summed E-state index contributed by atoms with van der Waals surface area (Å²) in [6, 6.07) is 1.91. The van der Waals surface area contributed by atoms with E-state index in [1.807, 2.05) is 6.92 Å². The van der Waals surface area contributed by atoms with Gasteiger partial charge in [0.05, 0.1) is 5.56 Å². The summed E-state index contributed by atoms with van der Waals surface area (Å²) in [5.74, 6) is -0.431. The average Bonchev–Trinajstić information content (AvgIpc) is 2.37. The van der Waals surface area contributed by atoms with Crippen molar-refractivity contribution in [2.75, 3.05) is 19.6 Å². The second-order valence-corrected chi connectivity index (χ2v) is 3.94. The van der Waals surface area contributed by atoms with Crippen LogP contribution in [0.1, 0.15) is 29.4 Å². The lowest BCUT2D eigenvalue weighted by Gasteiger charge is -2.08. The first-order valence-electron chi connectivity index (χ1n) is 5.97. The van der Waals surface area contributed by atoms with Crippen molar-refractivity contribution < 1.29 is 18.0 Å². The molecule has 0 saturated carbocycles. The number of carbonyl (C=O) groups excluding carboxylic acids is 1. The molecule has 0 aliphatic heterocycles. The number of alkyl halides is 3. The first kappa shape index (κ1) is 15.4. The second-order valence-electron chi connectivity index (χ2n) is 3.94. The molecule has 0 saturated heterocycles. The number of amides is 1. The molecule has 0 atom stereocenters. The molecule has 0 radical (unpaired) electrons. The Morgan fingerprint density at radius 3 is 2.53 bits per heavy atom. The number of hydrogen-bond acceptors (Lipinski definition) is 3. The van der Waals surface area contributed by atoms with E-state index in [0.717, 1.165) is 31.3 Å². The van der Waals surface area contributed by atoms with Crippen LogP contribution in [-0.2, 0) is 6.18 Å². The number of rotatable bonds is 6. The lowest BCUT2D eigenvalue weighted by Crippen LogP contribution is -2.32. The molecule has 1 amide bonds. The molecule has 19 heavy (non-hydrogen) atoms. The minimum Gasteiger partial charge on any atom is -0.351 e. The zero-order valence-corrected chi connectivity index (χ0v) is 10.5. The summed E-state index contributed by atoms with van der Waals surface area (Å²) in [7, 11) is 0. The number of pyridine rings is 1. The van der Waals surface area contributed by atoms with Gasteiger partial charge in [-0.25, -0.2) is 0 Å². The Labute approximate surface area is 109 Å². The van der Waals surface area contributed by atoms with Crippen molar-refractivity contribution in [2.45, 2.75) is 19.5 Å². The fourth-order valence-corrected chi connectivity index (χ4v) is 1.36. The van der Waals surface area contributed by atoms with Gasteiger partial charge in [0.25, 0.3) is 5.91 Å². The van der Waals surface area contributed by atoms with Gasteiger partial charge in [-0.3, -0.25) is 9.78 Å². The summed E-state index contributed by atoms with van der Waals surface area (Å²) < 4.78 is 36.8. The summed E-state index contributed by atoms with van der Waals surface area (Å²) in [5, 5.41) is 5.69. The van der Waals surface area contributed by atoms with Gasteiger partial charge in [-0.2, -0.15) is 13.2 Å². The van der Waals surface area contributed by atoms with Crippen molar-refractivity contribution in [1.82, 2.24) is 15.6 Å². The molecule has 0 spiro atoms. The molecule has 4 nitrogen and oxygen atoms in total. The van der Waals surface area contributed by atoms with E-state index in [4.69, 9.17) is 0 Å². The molecule has 7 heteroatoms. The summed E-state index contributed by atoms with van der Waals surface area (Å²) in [5.41, 5.74) is -0.892. The van der Waals surface area contributed by atoms with Gasteiger partial charge in [-0.1, -0.05) is 6.92 Å². The number of nitrogens with one attached hydrogen (secondary N) is 2. The van der Waals surface area contributed by atoms with Crippen LogP contribution in [0, 0.1) is 0 Å². The highest BCUT2D eigenvalue weighted by atomic mass is 19.4. The van der Waals surface area contributed by atoms with Gasteiger partial charge in [0, 0.05) is 19.3 Å². The molecule has 0 bridgehead atoms. The molecule has 0 aliphatic carbocycles. The SMILES string of the molecule is CCCNCCNC(=O)c1ccc(C(F)(F)F)nc1. The third-order valence-electron chi connectivity index (χ3n) is 2.33. The Morgan fingerprint density at radius 2 is 2.00 bits per heavy atom. The van der Waals surface area contributed by atoms with E-state index in [0.29, 0.717) is 13.1 Å². The zero-order valence-electron chi connectivity index (χ0n) is 10.5. The highest BCUT2D eigenvalue weighted by Gasteiger charge is 2.32. The summed E-state index contributed by atoms with van der Waals surface area (Å²) >= 11 is 0. The quantitative estimate of drug-likeness (QED) is 0.779. The Balaban J connectivity index is 2.45. The monoisotopic (exact) mass is 275 g/mol. The fraction of sp³-hybridized carbons (Fsp3) is 0.500. The molecule has 106 valence electrons. The molecule has 0 aliphatic rings. The molecule has 0 unspecified atom stereocenters. The number of nitrogens with zero attached hydrogens (tertiary/aromatic N) is 1. The molecule has 2 N–H and O–H groups in total. The van der Waals surface area contributed by atoms with Crippen LogP contribution in [-0.4, -0.2) is 30.5 Å². The van der Waals surface area contributed by atoms with Gasteiger partial charge >= 0.3 is 6.18 Å². The van der Waals surface area contributed by atoms with Crippen LogP contribution in [0.5, 0.6) is 0 Å². The normalized spacial score (nSPS) is 11.4. The summed E-state index contributed by atoms with van der Waals surface area (Å²) in [6.07, 6.45) is -2.56. The van der Waals surface area contributed by atoms with E-state index in [2.05, 4.69) is 15.6 Å². The lowest BCUT2D eigenvalue weighted by molar-refractivity contribution is -0.141. The molecule has 1 rings (SSSR count). The summed E-state index contributed by atoms with van der Waals surface area (Å²) in [6.45, 7) is 3.92. The maximum atomic E-state index is 12.3. The van der Waals surface area contributed by atoms with Crippen molar-refractivity contribution >= 4 is 5.91 Å². The van der Waals surface area contributed by atoms with E-state index in [-0.39, 0.29) is 5.56 Å². The average molecular weight is 275 g/mol. The third-order valence-corrected chi connectivity index (χ3v) is 2.33. The van der Waals surface area contributed by atoms with Crippen LogP contribution in [0.25, 0.3) is 0 Å². The molecular formula is C12H16F3N3O. The number of carbonyl (C=O) groups is 1. The van der Waals surface area contributed by atoms with E-state index in [1.165, 1.54) is 0 Å². The molecular weight excluding hydrogens is 259 g/mol. The smallest absolute Gasteiger partial charge is 0.351 e. The maximum Gasteiger partial charge on any atom is 0.433 e. The predicted molar refractivity (Wildman–Crippen MR) is 64.7 cm³/mol. The van der Waals surface area contributed by atoms with Crippen molar-refractivity contribution in [1.29, 1.82) is 0 Å². The van der Waals surface area contributed by atoms with Gasteiger partial charge in [-0.05, 0) is 25.1 Å². The lowest BCUT2D eigenvalue weighted by atomic mass is 10.2. The number of hydrogen-bond donors (Lipinski definition) is 2. The Morgan fingerprint density at radius 1 is 1.26 bits per heavy atom. The summed E-state index contributed by atoms with van der Waals surface area (Å²) in [4.78, 5) is 14.8. The zero-order chi connectivity index (χ0) is 14.3. The van der Waals surface area contributed by atoms with Crippen LogP contribution in [0.15, 0.2) is 18.3 Å². The minimum absolute atomic E-state index is 0.114. The molecule has 0 aromatic carbocycles. The largest absolute Gasteiger partial charge is 0.433 e. The van der Waals surface area contributed by atoms with Gasteiger partial charge < -0.3 is 10.6 Å². The van der Waals surface area contributed by atoms with Crippen molar-refractivity contribution in [3.8, 4) is 0 Å². The fourth-order valence-electron chi connectivity index (χ4n) is 1.36. The van der Waals surface area contributed by atoms with E-state index >= 15 is 0 Å². The Kier molecular flexibility index (Phi) is 5.75. The Bertz CT molecular complexity index is 404. The van der Waals surface area contributed by atoms with Crippen LogP contribution in [0.4, 0.5) is 13.2 Å². The topological polar surface area (TPSA) is 54.0 Å². The van der Waals surface area contributed by atoms with Crippen LogP contribution in [0.2, 0.25) is 0 Å². The minimum atomic E-state index is -4.49. The molecule has 0 fully saturated rings. The van der Waals surface area contributed by atoms with E-state index < -0.39 is 17.8 Å². The highest BCUT2D eigenvalue weighted by molar-refractivity contribution is 5.93. The highest BCUT2D eigenvalue weighted by Crippen LogP contribution is 2.27. The van der Waals surface area contributed by atoms with E-state index in [9.17, 15) is 18.0 Å². The second kappa shape index (κ2) is 7.08. The van der Waals surface area contributed by atoms with Gasteiger partial charge in [-0.15, -0.1) is 0 Å². The third kappa shape index (κ3) is 5.25. The molecule has 1 aromatic rings.